The third-order valence-corrected chi connectivity index (χ3v) is 4.54. The molecule has 3 heteroatoms. The highest BCUT2D eigenvalue weighted by molar-refractivity contribution is 6.09. The van der Waals surface area contributed by atoms with Gasteiger partial charge < -0.3 is 4.74 Å². The summed E-state index contributed by atoms with van der Waals surface area (Å²) in [5, 5.41) is 0. The summed E-state index contributed by atoms with van der Waals surface area (Å²) in [6, 6.07) is 9.12. The van der Waals surface area contributed by atoms with E-state index in [0.29, 0.717) is 5.56 Å². The van der Waals surface area contributed by atoms with E-state index in [0.717, 1.165) is 25.7 Å². The molecule has 20 heavy (non-hydrogen) atoms. The Hall–Kier alpha value is -1.64. The van der Waals surface area contributed by atoms with Crippen molar-refractivity contribution in [2.75, 3.05) is 0 Å². The maximum Gasteiger partial charge on any atom is 0.317 e. The monoisotopic (exact) mass is 272 g/mol. The van der Waals surface area contributed by atoms with Gasteiger partial charge in [-0.2, -0.15) is 0 Å². The standard InChI is InChI=1S/C17H20O3/c18-16(12-8-4-3-5-9-12)15-13-10-6-1-2-7-11-14(13)20-17(15)19/h3-5,8-9,13-15H,1-2,6-7,10-11H2. The molecule has 1 aliphatic heterocycles. The van der Waals surface area contributed by atoms with Crippen LogP contribution in [-0.4, -0.2) is 17.9 Å². The predicted octanol–water partition coefficient (Wildman–Crippen LogP) is 3.38. The maximum atomic E-state index is 12.6. The molecule has 2 fully saturated rings. The molecule has 3 atom stereocenters. The van der Waals surface area contributed by atoms with Gasteiger partial charge in [-0.25, -0.2) is 0 Å². The number of rotatable bonds is 2. The molecule has 0 N–H and O–H groups in total. The molecule has 1 aromatic rings. The van der Waals surface area contributed by atoms with Crippen molar-refractivity contribution in [3.8, 4) is 0 Å². The molecule has 0 radical (unpaired) electrons. The summed E-state index contributed by atoms with van der Waals surface area (Å²) in [6.45, 7) is 0. The Morgan fingerprint density at radius 2 is 1.70 bits per heavy atom. The van der Waals surface area contributed by atoms with E-state index >= 15 is 0 Å². The smallest absolute Gasteiger partial charge is 0.317 e. The quantitative estimate of drug-likeness (QED) is 0.471. The van der Waals surface area contributed by atoms with Crippen molar-refractivity contribution in [1.29, 1.82) is 0 Å². The zero-order valence-corrected chi connectivity index (χ0v) is 11.6. The van der Waals surface area contributed by atoms with Crippen LogP contribution in [0.25, 0.3) is 0 Å². The number of esters is 1. The third kappa shape index (κ3) is 2.49. The van der Waals surface area contributed by atoms with Crippen molar-refractivity contribution in [2.24, 2.45) is 11.8 Å². The molecular formula is C17H20O3. The molecular weight excluding hydrogens is 252 g/mol. The first-order valence-electron chi connectivity index (χ1n) is 7.57. The molecule has 3 unspecified atom stereocenters. The van der Waals surface area contributed by atoms with Crippen molar-refractivity contribution < 1.29 is 14.3 Å². The zero-order chi connectivity index (χ0) is 13.9. The van der Waals surface area contributed by atoms with Crippen LogP contribution in [0.2, 0.25) is 0 Å². The average molecular weight is 272 g/mol. The summed E-state index contributed by atoms with van der Waals surface area (Å²) in [5.74, 6) is -0.879. The van der Waals surface area contributed by atoms with E-state index < -0.39 is 5.92 Å². The van der Waals surface area contributed by atoms with Gasteiger partial charge in [0.1, 0.15) is 12.0 Å². The van der Waals surface area contributed by atoms with Crippen LogP contribution in [0.5, 0.6) is 0 Å². The van der Waals surface area contributed by atoms with E-state index in [-0.39, 0.29) is 23.8 Å². The molecule has 1 heterocycles. The van der Waals surface area contributed by atoms with Crippen molar-refractivity contribution in [2.45, 2.75) is 44.6 Å². The normalized spacial score (nSPS) is 30.0. The van der Waals surface area contributed by atoms with Gasteiger partial charge in [0.05, 0.1) is 0 Å². The van der Waals surface area contributed by atoms with Crippen molar-refractivity contribution in [3.05, 3.63) is 35.9 Å². The summed E-state index contributed by atoms with van der Waals surface area (Å²) in [4.78, 5) is 24.7. The van der Waals surface area contributed by atoms with Gasteiger partial charge in [0.15, 0.2) is 5.78 Å². The lowest BCUT2D eigenvalue weighted by Crippen LogP contribution is -2.28. The fourth-order valence-corrected chi connectivity index (χ4v) is 3.49. The first kappa shape index (κ1) is 13.3. The molecule has 0 bridgehead atoms. The van der Waals surface area contributed by atoms with Crippen LogP contribution in [0.3, 0.4) is 0 Å². The molecule has 3 rings (SSSR count). The van der Waals surface area contributed by atoms with Crippen LogP contribution < -0.4 is 0 Å². The van der Waals surface area contributed by atoms with Crippen molar-refractivity contribution >= 4 is 11.8 Å². The van der Waals surface area contributed by atoms with E-state index in [1.165, 1.54) is 12.8 Å². The van der Waals surface area contributed by atoms with Crippen molar-refractivity contribution in [3.63, 3.8) is 0 Å². The lowest BCUT2D eigenvalue weighted by atomic mass is 9.79. The number of benzene rings is 1. The van der Waals surface area contributed by atoms with Gasteiger partial charge in [-0.3, -0.25) is 9.59 Å². The fraction of sp³-hybridized carbons (Fsp3) is 0.529. The Balaban J connectivity index is 1.84. The second-order valence-corrected chi connectivity index (χ2v) is 5.84. The van der Waals surface area contributed by atoms with E-state index in [9.17, 15) is 9.59 Å². The zero-order valence-electron chi connectivity index (χ0n) is 11.6. The number of Topliss-reactive ketones (excluding diaryl/α,β-unsaturated/α-hetero) is 1. The van der Waals surface area contributed by atoms with Crippen LogP contribution in [0.15, 0.2) is 30.3 Å². The van der Waals surface area contributed by atoms with Gasteiger partial charge in [0.25, 0.3) is 0 Å². The highest BCUT2D eigenvalue weighted by Crippen LogP contribution is 2.38. The number of ether oxygens (including phenoxy) is 1. The highest BCUT2D eigenvalue weighted by Gasteiger charge is 2.48. The van der Waals surface area contributed by atoms with Gasteiger partial charge in [-0.1, -0.05) is 49.6 Å². The van der Waals surface area contributed by atoms with Gasteiger partial charge in [-0.05, 0) is 19.3 Å². The Bertz CT molecular complexity index is 494. The topological polar surface area (TPSA) is 43.4 Å². The minimum Gasteiger partial charge on any atom is -0.461 e. The average Bonchev–Trinajstić information content (AvgIpc) is 2.74. The Labute approximate surface area is 119 Å². The number of carbonyl (C=O) groups excluding carboxylic acids is 2. The van der Waals surface area contributed by atoms with Crippen LogP contribution in [0, 0.1) is 11.8 Å². The van der Waals surface area contributed by atoms with Gasteiger partial charge in [-0.15, -0.1) is 0 Å². The Morgan fingerprint density at radius 3 is 2.45 bits per heavy atom. The minimum atomic E-state index is -0.583. The van der Waals surface area contributed by atoms with Gasteiger partial charge >= 0.3 is 5.97 Å². The fourth-order valence-electron chi connectivity index (χ4n) is 3.49. The van der Waals surface area contributed by atoms with Crippen LogP contribution in [0.4, 0.5) is 0 Å². The number of ketones is 1. The molecule has 1 aromatic carbocycles. The second kappa shape index (κ2) is 5.78. The molecule has 1 aliphatic carbocycles. The Morgan fingerprint density at radius 1 is 1.00 bits per heavy atom. The van der Waals surface area contributed by atoms with Crippen LogP contribution in [-0.2, 0) is 9.53 Å². The first-order chi connectivity index (χ1) is 9.77. The number of carbonyl (C=O) groups is 2. The Kier molecular flexibility index (Phi) is 3.86. The molecule has 1 saturated carbocycles. The molecule has 3 nitrogen and oxygen atoms in total. The van der Waals surface area contributed by atoms with Gasteiger partial charge in [0.2, 0.25) is 0 Å². The van der Waals surface area contributed by atoms with Gasteiger partial charge in [0, 0.05) is 11.5 Å². The second-order valence-electron chi connectivity index (χ2n) is 5.84. The number of hydrogen-bond acceptors (Lipinski definition) is 3. The summed E-state index contributed by atoms with van der Waals surface area (Å²) < 4.78 is 5.50. The lowest BCUT2D eigenvalue weighted by Gasteiger charge is -2.22. The lowest BCUT2D eigenvalue weighted by molar-refractivity contribution is -0.143. The maximum absolute atomic E-state index is 12.6. The van der Waals surface area contributed by atoms with E-state index in [1.807, 2.05) is 18.2 Å². The molecule has 2 aliphatic rings. The summed E-state index contributed by atoms with van der Waals surface area (Å²) in [6.07, 6.45) is 6.40. The molecule has 1 saturated heterocycles. The number of hydrogen-bond donors (Lipinski definition) is 0. The largest absolute Gasteiger partial charge is 0.461 e. The summed E-state index contributed by atoms with van der Waals surface area (Å²) >= 11 is 0. The van der Waals surface area contributed by atoms with Crippen molar-refractivity contribution in [1.82, 2.24) is 0 Å². The van der Waals surface area contributed by atoms with E-state index in [1.54, 1.807) is 12.1 Å². The predicted molar refractivity (Wildman–Crippen MR) is 75.3 cm³/mol. The minimum absolute atomic E-state index is 0.0412. The third-order valence-electron chi connectivity index (χ3n) is 4.54. The molecule has 0 amide bonds. The van der Waals surface area contributed by atoms with E-state index in [2.05, 4.69) is 0 Å². The summed E-state index contributed by atoms with van der Waals surface area (Å²) in [5.41, 5.74) is 0.622. The summed E-state index contributed by atoms with van der Waals surface area (Å²) in [7, 11) is 0. The molecule has 0 aromatic heterocycles. The van der Waals surface area contributed by atoms with Crippen LogP contribution in [0.1, 0.15) is 48.9 Å². The first-order valence-corrected chi connectivity index (χ1v) is 7.57. The highest BCUT2D eigenvalue weighted by atomic mass is 16.6. The SMILES string of the molecule is O=C1OC2CCCCCCC2C1C(=O)c1ccccc1. The number of fused-ring (bicyclic) bond motifs is 1. The molecule has 0 spiro atoms. The van der Waals surface area contributed by atoms with Crippen LogP contribution >= 0.6 is 0 Å². The van der Waals surface area contributed by atoms with E-state index in [4.69, 9.17) is 4.74 Å². The molecule has 106 valence electrons.